The number of benzene rings is 5. The number of rotatable bonds is 29. The van der Waals surface area contributed by atoms with Crippen LogP contribution in [0.4, 0.5) is 0 Å². The lowest BCUT2D eigenvalue weighted by molar-refractivity contribution is -0.162. The number of carbonyl (C=O) groups excluding carboxylic acids is 5. The summed E-state index contributed by atoms with van der Waals surface area (Å²) in [6, 6.07) is 40.7. The number of hydrogen-bond donors (Lipinski definition) is 1. The first-order valence-electron chi connectivity index (χ1n) is 24.5. The summed E-state index contributed by atoms with van der Waals surface area (Å²) < 4.78 is 39.9. The first-order chi connectivity index (χ1) is 34.7. The number of ether oxygens (including phenoxy) is 7. The minimum Gasteiger partial charge on any atom is -0.465 e. The maximum atomic E-state index is 14.0. The first-order valence-corrected chi connectivity index (χ1v) is 24.9. The second-order valence-corrected chi connectivity index (χ2v) is 19.0. The number of ketones is 1. The Balaban J connectivity index is 0.00000988. The van der Waals surface area contributed by atoms with Gasteiger partial charge in [0, 0.05) is 60.0 Å². The van der Waals surface area contributed by atoms with Crippen LogP contribution in [-0.2, 0) is 62.7 Å². The zero-order valence-electron chi connectivity index (χ0n) is 42.4. The van der Waals surface area contributed by atoms with Gasteiger partial charge in [0.2, 0.25) is 5.91 Å². The lowest BCUT2D eigenvalue weighted by Crippen LogP contribution is -2.36. The van der Waals surface area contributed by atoms with Crippen molar-refractivity contribution in [2.24, 2.45) is 5.92 Å². The van der Waals surface area contributed by atoms with Crippen LogP contribution in [0.25, 0.3) is 11.1 Å². The summed E-state index contributed by atoms with van der Waals surface area (Å²) in [7, 11) is 0. The molecule has 390 valence electrons. The van der Waals surface area contributed by atoms with Crippen LogP contribution in [0.3, 0.4) is 0 Å². The molecule has 73 heavy (non-hydrogen) atoms. The van der Waals surface area contributed by atoms with E-state index in [2.05, 4.69) is 29.6 Å². The van der Waals surface area contributed by atoms with E-state index in [-0.39, 0.29) is 112 Å². The van der Waals surface area contributed by atoms with Crippen LogP contribution in [0.1, 0.15) is 92.2 Å². The largest absolute Gasteiger partial charge is 0.465 e. The van der Waals surface area contributed by atoms with E-state index in [1.54, 1.807) is 32.9 Å². The normalized spacial score (nSPS) is 13.1. The molecule has 1 aliphatic rings. The fourth-order valence-corrected chi connectivity index (χ4v) is 8.77. The van der Waals surface area contributed by atoms with Gasteiger partial charge in [0.1, 0.15) is 25.4 Å². The fraction of sp³-hybridized carbons (Fsp3) is 0.397. The van der Waals surface area contributed by atoms with Gasteiger partial charge in [-0.3, -0.25) is 24.0 Å². The number of nitrogens with one attached hydrogen (secondary N) is 1. The molecule has 15 heteroatoms. The number of carbonyl (C=O) groups is 5. The summed E-state index contributed by atoms with van der Waals surface area (Å²) in [5.74, 6) is -3.05. The molecule has 0 heterocycles. The minimum atomic E-state index is -1.42. The van der Waals surface area contributed by atoms with Gasteiger partial charge in [-0.15, -0.1) is 0 Å². The van der Waals surface area contributed by atoms with Crippen molar-refractivity contribution in [1.82, 2.24) is 5.32 Å². The van der Waals surface area contributed by atoms with Crippen molar-refractivity contribution in [3.63, 3.8) is 0 Å². The van der Waals surface area contributed by atoms with Crippen molar-refractivity contribution >= 4 is 51.1 Å². The summed E-state index contributed by atoms with van der Waals surface area (Å²) in [6.07, 6.45) is 0.333. The molecule has 5 aromatic carbocycles. The fourth-order valence-electron chi connectivity index (χ4n) is 8.51. The highest BCUT2D eigenvalue weighted by atomic mass is 35.5. The van der Waals surface area contributed by atoms with Crippen molar-refractivity contribution in [3.05, 3.63) is 166 Å². The molecule has 3 unspecified atom stereocenters. The molecule has 0 radical (unpaired) electrons. The number of hydrogen-bond acceptors (Lipinski definition) is 12. The van der Waals surface area contributed by atoms with Crippen molar-refractivity contribution in [2.45, 2.75) is 76.9 Å². The Morgan fingerprint density at radius 2 is 1.19 bits per heavy atom. The number of halogens is 1. The van der Waals surface area contributed by atoms with Gasteiger partial charge in [0.15, 0.2) is 11.4 Å². The zero-order valence-corrected chi connectivity index (χ0v) is 44.5. The molecule has 0 spiro atoms. The van der Waals surface area contributed by atoms with E-state index >= 15 is 0 Å². The molecule has 13 nitrogen and oxygen atoms in total. The van der Waals surface area contributed by atoms with Gasteiger partial charge in [-0.2, -0.15) is 9.90 Å². The molecule has 0 saturated heterocycles. The van der Waals surface area contributed by atoms with Crippen LogP contribution < -0.4 is 5.32 Å². The Labute approximate surface area is 437 Å². The third-order valence-electron chi connectivity index (χ3n) is 11.9. The van der Waals surface area contributed by atoms with Crippen molar-refractivity contribution in [2.75, 3.05) is 66.0 Å². The van der Waals surface area contributed by atoms with E-state index in [4.69, 9.17) is 44.8 Å². The highest BCUT2D eigenvalue weighted by Gasteiger charge is 2.42. The SMILES string of the molecule is Cc1ccc(C(OC(=O)CCC(CC(=O)COCCOCCNC(=O)COCCOCCCC(=O)OCC2c3ccccc3-c3ccccc32)C(=O)OC(C)(C)C)(c2ccccc2)c2ccccc2Cl)cc1.P. The van der Waals surface area contributed by atoms with E-state index in [0.29, 0.717) is 41.3 Å². The second kappa shape index (κ2) is 29.2. The maximum absolute atomic E-state index is 14.0. The molecule has 0 aliphatic heterocycles. The maximum Gasteiger partial charge on any atom is 0.309 e. The molecule has 0 aromatic heterocycles. The standard InChI is InChI=1S/C58H66ClNO12.H3P/c1-41-24-27-44(28-25-41)58(43-15-6-5-7-16-43,51-21-12-13-22-52(51)59)71-55(64)29-26-42(56(65)72-57(2,3)4)37-45(61)38-68-35-34-67-32-30-60-53(62)40-69-36-33-66-31-14-23-54(63)70-39-50-48-19-10-8-17-46(48)47-18-9-11-20-49(47)50;/h5-13,15-22,24-25,27-28,42,50H,14,23,26,29-40H2,1-4H3,(H,60,62);1H3. The summed E-state index contributed by atoms with van der Waals surface area (Å²) in [5, 5.41) is 3.12. The first kappa shape index (κ1) is 58.1. The molecule has 5 aromatic rings. The summed E-state index contributed by atoms with van der Waals surface area (Å²) in [5.41, 5.74) is 5.43. The van der Waals surface area contributed by atoms with E-state index in [0.717, 1.165) is 5.56 Å². The molecule has 1 N–H and O–H groups in total. The molecule has 0 fully saturated rings. The van der Waals surface area contributed by atoms with Crippen LogP contribution >= 0.6 is 21.5 Å². The van der Waals surface area contributed by atoms with Crippen molar-refractivity contribution in [1.29, 1.82) is 0 Å². The third kappa shape index (κ3) is 17.4. The van der Waals surface area contributed by atoms with Gasteiger partial charge in [0.05, 0.1) is 39.0 Å². The summed E-state index contributed by atoms with van der Waals surface area (Å²) >= 11 is 6.83. The molecule has 0 bridgehead atoms. The van der Waals surface area contributed by atoms with Gasteiger partial charge < -0.3 is 38.5 Å². The molecule has 0 saturated carbocycles. The van der Waals surface area contributed by atoms with Crippen LogP contribution in [-0.4, -0.2) is 101 Å². The van der Waals surface area contributed by atoms with Crippen LogP contribution in [0.2, 0.25) is 5.02 Å². The third-order valence-corrected chi connectivity index (χ3v) is 12.3. The molecular formula is C58H69ClNO12P. The highest BCUT2D eigenvalue weighted by Crippen LogP contribution is 2.45. The zero-order chi connectivity index (χ0) is 51.4. The second-order valence-electron chi connectivity index (χ2n) is 18.6. The Morgan fingerprint density at radius 1 is 0.616 bits per heavy atom. The van der Waals surface area contributed by atoms with E-state index in [1.807, 2.05) is 97.9 Å². The van der Waals surface area contributed by atoms with E-state index < -0.39 is 29.1 Å². The van der Waals surface area contributed by atoms with Crippen LogP contribution in [0.15, 0.2) is 127 Å². The Morgan fingerprint density at radius 3 is 1.85 bits per heavy atom. The van der Waals surface area contributed by atoms with Gasteiger partial charge in [-0.05, 0) is 68.9 Å². The topological polar surface area (TPSA) is 162 Å². The average molecular weight is 1040 g/mol. The van der Waals surface area contributed by atoms with Gasteiger partial charge in [-0.25, -0.2) is 0 Å². The molecule has 3 atom stereocenters. The number of aryl methyl sites for hydroxylation is 1. The lowest BCUT2D eigenvalue weighted by atomic mass is 9.79. The number of amides is 1. The van der Waals surface area contributed by atoms with Crippen molar-refractivity contribution < 1.29 is 57.1 Å². The lowest BCUT2D eigenvalue weighted by Gasteiger charge is -2.36. The Bertz CT molecular complexity index is 2520. The predicted molar refractivity (Wildman–Crippen MR) is 285 cm³/mol. The highest BCUT2D eigenvalue weighted by molar-refractivity contribution is 6.92. The quantitative estimate of drug-likeness (QED) is 0.0159. The minimum absolute atomic E-state index is 0. The van der Waals surface area contributed by atoms with Crippen LogP contribution in [0.5, 0.6) is 0 Å². The van der Waals surface area contributed by atoms with Gasteiger partial charge in [0.25, 0.3) is 0 Å². The summed E-state index contributed by atoms with van der Waals surface area (Å²) in [4.78, 5) is 65.3. The van der Waals surface area contributed by atoms with E-state index in [1.165, 1.54) is 22.3 Å². The van der Waals surface area contributed by atoms with Gasteiger partial charge >= 0.3 is 17.9 Å². The predicted octanol–water partition coefficient (Wildman–Crippen LogP) is 9.56. The average Bonchev–Trinajstić information content (AvgIpc) is 3.69. The van der Waals surface area contributed by atoms with Crippen LogP contribution in [0, 0.1) is 12.8 Å². The van der Waals surface area contributed by atoms with Crippen molar-refractivity contribution in [3.8, 4) is 11.1 Å². The molecular weight excluding hydrogens is 969 g/mol. The molecule has 1 aliphatic carbocycles. The summed E-state index contributed by atoms with van der Waals surface area (Å²) in [6.45, 7) is 8.59. The van der Waals surface area contributed by atoms with E-state index in [9.17, 15) is 24.0 Å². The monoisotopic (exact) mass is 1040 g/mol. The Hall–Kier alpha value is -5.79. The number of esters is 3. The smallest absolute Gasteiger partial charge is 0.309 e. The number of fused-ring (bicyclic) bond motifs is 3. The Kier molecular flexibility index (Phi) is 23.2. The molecule has 1 amide bonds. The van der Waals surface area contributed by atoms with Gasteiger partial charge in [-0.1, -0.05) is 138 Å². The number of Topliss-reactive ketones (excluding diaryl/α,β-unsaturated/α-hetero) is 1. The molecule has 6 rings (SSSR count).